The van der Waals surface area contributed by atoms with E-state index in [1.807, 2.05) is 6.07 Å². The van der Waals surface area contributed by atoms with Gasteiger partial charge in [-0.2, -0.15) is 5.26 Å². The molecule has 0 bridgehead atoms. The Morgan fingerprint density at radius 2 is 2.29 bits per heavy atom. The average Bonchev–Trinajstić information content (AvgIpc) is 2.31. The number of nitriles is 1. The van der Waals surface area contributed by atoms with E-state index in [0.29, 0.717) is 11.8 Å². The largest absolute Gasteiger partial charge is 0.466 e. The lowest BCUT2D eigenvalue weighted by Crippen LogP contribution is -2.10. The van der Waals surface area contributed by atoms with Gasteiger partial charge in [-0.3, -0.25) is 9.59 Å². The van der Waals surface area contributed by atoms with Gasteiger partial charge in [-0.05, 0) is 24.6 Å². The molecule has 0 heterocycles. The summed E-state index contributed by atoms with van der Waals surface area (Å²) in [6.07, 6.45) is 0.412. The molecule has 1 rings (SSSR count). The third kappa shape index (κ3) is 3.05. The molecule has 0 aliphatic heterocycles. The highest BCUT2D eigenvalue weighted by atomic mass is 35.5. The molecule has 1 aromatic carbocycles. The number of carbonyl (C=O) groups excluding carboxylic acids is 2. The predicted octanol–water partition coefficient (Wildman–Crippen LogP) is 2.13. The fourth-order valence-corrected chi connectivity index (χ4v) is 1.64. The third-order valence-corrected chi connectivity index (χ3v) is 2.52. The van der Waals surface area contributed by atoms with Crippen molar-refractivity contribution in [2.45, 2.75) is 13.3 Å². The first kappa shape index (κ1) is 13.2. The SMILES string of the molecule is CCOC(=O)Cc1c(Cl)ccc(C#N)c1C=O. The summed E-state index contributed by atoms with van der Waals surface area (Å²) in [6.45, 7) is 1.94. The average molecular weight is 252 g/mol. The maximum Gasteiger partial charge on any atom is 0.310 e. The van der Waals surface area contributed by atoms with Gasteiger partial charge in [0.05, 0.1) is 24.7 Å². The zero-order chi connectivity index (χ0) is 12.8. The second-order valence-corrected chi connectivity index (χ2v) is 3.61. The lowest BCUT2D eigenvalue weighted by molar-refractivity contribution is -0.142. The van der Waals surface area contributed by atoms with E-state index in [1.54, 1.807) is 6.92 Å². The standard InChI is InChI=1S/C12H10ClNO3/c1-2-17-12(16)5-9-10(7-15)8(6-14)3-4-11(9)13/h3-4,7H,2,5H2,1H3. The van der Waals surface area contributed by atoms with Crippen molar-refractivity contribution in [1.82, 2.24) is 0 Å². The van der Waals surface area contributed by atoms with Crippen LogP contribution in [0, 0.1) is 11.3 Å². The molecule has 0 amide bonds. The molecule has 0 N–H and O–H groups in total. The Labute approximate surface area is 104 Å². The summed E-state index contributed by atoms with van der Waals surface area (Å²) in [6, 6.07) is 4.81. The number of ether oxygens (including phenoxy) is 1. The summed E-state index contributed by atoms with van der Waals surface area (Å²) in [4.78, 5) is 22.3. The molecule has 0 aromatic heterocycles. The quantitative estimate of drug-likeness (QED) is 0.607. The van der Waals surface area contributed by atoms with Crippen molar-refractivity contribution in [3.8, 4) is 6.07 Å². The summed E-state index contributed by atoms with van der Waals surface area (Å²) >= 11 is 5.91. The number of hydrogen-bond acceptors (Lipinski definition) is 4. The van der Waals surface area contributed by atoms with Crippen molar-refractivity contribution in [2.75, 3.05) is 6.61 Å². The number of nitrogens with zero attached hydrogens (tertiary/aromatic N) is 1. The van der Waals surface area contributed by atoms with Crippen molar-refractivity contribution in [2.24, 2.45) is 0 Å². The number of hydrogen-bond donors (Lipinski definition) is 0. The highest BCUT2D eigenvalue weighted by Crippen LogP contribution is 2.23. The summed E-state index contributed by atoms with van der Waals surface area (Å²) in [7, 11) is 0. The van der Waals surface area contributed by atoms with Crippen molar-refractivity contribution >= 4 is 23.9 Å². The van der Waals surface area contributed by atoms with Gasteiger partial charge in [-0.15, -0.1) is 0 Å². The van der Waals surface area contributed by atoms with E-state index in [2.05, 4.69) is 0 Å². The third-order valence-electron chi connectivity index (χ3n) is 2.16. The van der Waals surface area contributed by atoms with Crippen LogP contribution in [0.5, 0.6) is 0 Å². The number of carbonyl (C=O) groups is 2. The topological polar surface area (TPSA) is 67.2 Å². The first-order chi connectivity index (χ1) is 8.13. The van der Waals surface area contributed by atoms with Gasteiger partial charge < -0.3 is 4.74 Å². The number of aldehydes is 1. The Kier molecular flexibility index (Phi) is 4.68. The van der Waals surface area contributed by atoms with Crippen LogP contribution in [0.3, 0.4) is 0 Å². The van der Waals surface area contributed by atoms with Gasteiger partial charge >= 0.3 is 5.97 Å². The molecule has 1 aromatic rings. The van der Waals surface area contributed by atoms with Crippen LogP contribution in [0.2, 0.25) is 5.02 Å². The zero-order valence-electron chi connectivity index (χ0n) is 9.20. The van der Waals surface area contributed by atoms with Gasteiger partial charge in [-0.1, -0.05) is 11.6 Å². The highest BCUT2D eigenvalue weighted by molar-refractivity contribution is 6.32. The van der Waals surface area contributed by atoms with Crippen LogP contribution in [-0.4, -0.2) is 18.9 Å². The molecule has 0 fully saturated rings. The van der Waals surface area contributed by atoms with E-state index in [1.165, 1.54) is 12.1 Å². The molecular weight excluding hydrogens is 242 g/mol. The first-order valence-corrected chi connectivity index (χ1v) is 5.34. The van der Waals surface area contributed by atoms with Crippen LogP contribution in [0.4, 0.5) is 0 Å². The summed E-state index contributed by atoms with van der Waals surface area (Å²) in [5.74, 6) is -0.479. The molecule has 5 heteroatoms. The fourth-order valence-electron chi connectivity index (χ4n) is 1.41. The molecule has 0 saturated carbocycles. The molecule has 17 heavy (non-hydrogen) atoms. The molecule has 0 atom stereocenters. The minimum atomic E-state index is -0.479. The van der Waals surface area contributed by atoms with Crippen molar-refractivity contribution in [3.05, 3.63) is 33.8 Å². The molecular formula is C12H10ClNO3. The summed E-state index contributed by atoms with van der Waals surface area (Å²) < 4.78 is 4.78. The predicted molar refractivity (Wildman–Crippen MR) is 61.9 cm³/mol. The van der Waals surface area contributed by atoms with Gasteiger partial charge in [0.2, 0.25) is 0 Å². The minimum Gasteiger partial charge on any atom is -0.466 e. The van der Waals surface area contributed by atoms with Crippen LogP contribution >= 0.6 is 11.6 Å². The maximum atomic E-state index is 11.4. The Morgan fingerprint density at radius 1 is 1.59 bits per heavy atom. The van der Waals surface area contributed by atoms with Crippen molar-refractivity contribution in [1.29, 1.82) is 5.26 Å². The molecule has 0 aliphatic carbocycles. The minimum absolute atomic E-state index is 0.115. The molecule has 4 nitrogen and oxygen atoms in total. The molecule has 0 aliphatic rings. The number of halogens is 1. The van der Waals surface area contributed by atoms with E-state index >= 15 is 0 Å². The Morgan fingerprint density at radius 3 is 2.82 bits per heavy atom. The zero-order valence-corrected chi connectivity index (χ0v) is 9.95. The lowest BCUT2D eigenvalue weighted by Gasteiger charge is -2.08. The van der Waals surface area contributed by atoms with Crippen LogP contribution in [-0.2, 0) is 16.0 Å². The van der Waals surface area contributed by atoms with Gasteiger partial charge in [-0.25, -0.2) is 0 Å². The van der Waals surface area contributed by atoms with E-state index in [0.717, 1.165) is 0 Å². The van der Waals surface area contributed by atoms with Gasteiger partial charge in [0, 0.05) is 10.6 Å². The maximum absolute atomic E-state index is 11.4. The van der Waals surface area contributed by atoms with Crippen molar-refractivity contribution in [3.63, 3.8) is 0 Å². The Hall–Kier alpha value is -1.86. The summed E-state index contributed by atoms with van der Waals surface area (Å²) in [5, 5.41) is 9.11. The van der Waals surface area contributed by atoms with Crippen LogP contribution in [0.25, 0.3) is 0 Å². The van der Waals surface area contributed by atoms with E-state index in [9.17, 15) is 9.59 Å². The van der Waals surface area contributed by atoms with Crippen LogP contribution in [0.15, 0.2) is 12.1 Å². The van der Waals surface area contributed by atoms with Crippen molar-refractivity contribution < 1.29 is 14.3 Å². The summed E-state index contributed by atoms with van der Waals surface area (Å²) in [5.41, 5.74) is 0.677. The van der Waals surface area contributed by atoms with E-state index in [-0.39, 0.29) is 29.2 Å². The van der Waals surface area contributed by atoms with E-state index < -0.39 is 5.97 Å². The van der Waals surface area contributed by atoms with Gasteiger partial charge in [0.1, 0.15) is 0 Å². The normalized spacial score (nSPS) is 9.47. The fraction of sp³-hybridized carbons (Fsp3) is 0.250. The smallest absolute Gasteiger partial charge is 0.310 e. The molecule has 0 saturated heterocycles. The molecule has 0 radical (unpaired) electrons. The lowest BCUT2D eigenvalue weighted by atomic mass is 10.0. The second-order valence-electron chi connectivity index (χ2n) is 3.20. The Balaban J connectivity index is 3.17. The highest BCUT2D eigenvalue weighted by Gasteiger charge is 2.15. The van der Waals surface area contributed by atoms with Gasteiger partial charge in [0.15, 0.2) is 6.29 Å². The number of esters is 1. The van der Waals surface area contributed by atoms with Crippen LogP contribution in [0.1, 0.15) is 28.4 Å². The van der Waals surface area contributed by atoms with E-state index in [4.69, 9.17) is 21.6 Å². The second kappa shape index (κ2) is 6.02. The number of rotatable bonds is 4. The Bertz CT molecular complexity index is 491. The molecule has 88 valence electrons. The molecule has 0 unspecified atom stereocenters. The van der Waals surface area contributed by atoms with Crippen LogP contribution < -0.4 is 0 Å². The molecule has 0 spiro atoms. The first-order valence-electron chi connectivity index (χ1n) is 4.96. The number of benzene rings is 1. The monoisotopic (exact) mass is 251 g/mol. The van der Waals surface area contributed by atoms with Gasteiger partial charge in [0.25, 0.3) is 0 Å².